The third kappa shape index (κ3) is 3.04. The second kappa shape index (κ2) is 5.16. The Hall–Kier alpha value is -1.63. The molecule has 1 unspecified atom stereocenters. The van der Waals surface area contributed by atoms with Crippen LogP contribution in [0.4, 0.5) is 5.82 Å². The van der Waals surface area contributed by atoms with Crippen LogP contribution >= 0.6 is 0 Å². The molecule has 1 fully saturated rings. The van der Waals surface area contributed by atoms with Crippen LogP contribution in [0.2, 0.25) is 0 Å². The molecular weight excluding hydrogens is 266 g/mol. The number of sulfone groups is 1. The second-order valence-electron chi connectivity index (χ2n) is 4.64. The molecule has 0 spiro atoms. The average molecular weight is 283 g/mol. The summed E-state index contributed by atoms with van der Waals surface area (Å²) in [5.74, 6) is 0.578. The van der Waals surface area contributed by atoms with E-state index in [-0.39, 0.29) is 30.0 Å². The summed E-state index contributed by atoms with van der Waals surface area (Å²) in [6.45, 7) is 2.00. The third-order valence-electron chi connectivity index (χ3n) is 3.20. The van der Waals surface area contributed by atoms with Crippen molar-refractivity contribution in [2.24, 2.45) is 0 Å². The van der Waals surface area contributed by atoms with Crippen LogP contribution in [0.25, 0.3) is 0 Å². The van der Waals surface area contributed by atoms with Crippen LogP contribution in [-0.2, 0) is 9.84 Å². The highest BCUT2D eigenvalue weighted by molar-refractivity contribution is 7.91. The average Bonchev–Trinajstić information content (AvgIpc) is 2.37. The van der Waals surface area contributed by atoms with Crippen LogP contribution in [0, 0.1) is 0 Å². The number of carbonyl (C=O) groups excluding carboxylic acids is 1. The largest absolute Gasteiger partial charge is 0.373 e. The molecule has 1 N–H and O–H groups in total. The normalized spacial score (nSPS) is 22.0. The summed E-state index contributed by atoms with van der Waals surface area (Å²) < 4.78 is 23.0. The monoisotopic (exact) mass is 283 g/mol. The summed E-state index contributed by atoms with van der Waals surface area (Å²) in [6, 6.07) is 3.12. The van der Waals surface area contributed by atoms with Gasteiger partial charge in [0.05, 0.1) is 17.1 Å². The zero-order valence-corrected chi connectivity index (χ0v) is 11.8. The number of nitrogens with zero attached hydrogens (tertiary/aromatic N) is 2. The Kier molecular flexibility index (Phi) is 3.75. The number of hydrogen-bond acceptors (Lipinski definition) is 5. The van der Waals surface area contributed by atoms with E-state index in [0.29, 0.717) is 11.4 Å². The van der Waals surface area contributed by atoms with Gasteiger partial charge in [-0.1, -0.05) is 0 Å². The van der Waals surface area contributed by atoms with Crippen molar-refractivity contribution in [1.82, 2.24) is 9.88 Å². The highest BCUT2D eigenvalue weighted by Crippen LogP contribution is 2.15. The summed E-state index contributed by atoms with van der Waals surface area (Å²) in [6.07, 6.45) is 1.50. The first-order valence-corrected chi connectivity index (χ1v) is 7.90. The van der Waals surface area contributed by atoms with Crippen molar-refractivity contribution in [2.75, 3.05) is 30.4 Å². The van der Waals surface area contributed by atoms with Crippen LogP contribution in [0.3, 0.4) is 0 Å². The number of pyridine rings is 1. The van der Waals surface area contributed by atoms with Crippen LogP contribution in [0.5, 0.6) is 0 Å². The van der Waals surface area contributed by atoms with Crippen LogP contribution in [-0.4, -0.2) is 55.3 Å². The summed E-state index contributed by atoms with van der Waals surface area (Å²) in [5.41, 5.74) is 0.477. The Morgan fingerprint density at radius 3 is 2.74 bits per heavy atom. The predicted molar refractivity (Wildman–Crippen MR) is 72.9 cm³/mol. The van der Waals surface area contributed by atoms with Crippen molar-refractivity contribution in [3.05, 3.63) is 23.9 Å². The molecule has 1 aromatic rings. The van der Waals surface area contributed by atoms with Crippen molar-refractivity contribution in [1.29, 1.82) is 0 Å². The predicted octanol–water partition coefficient (Wildman–Crippen LogP) is 0.382. The molecular formula is C12H17N3O3S. The van der Waals surface area contributed by atoms with Gasteiger partial charge in [0.15, 0.2) is 9.84 Å². The van der Waals surface area contributed by atoms with Crippen molar-refractivity contribution in [3.8, 4) is 0 Å². The maximum atomic E-state index is 12.3. The molecule has 0 aromatic carbocycles. The van der Waals surface area contributed by atoms with Gasteiger partial charge < -0.3 is 10.2 Å². The summed E-state index contributed by atoms with van der Waals surface area (Å²) in [7, 11) is -1.26. The molecule has 6 nitrogen and oxygen atoms in total. The van der Waals surface area contributed by atoms with Gasteiger partial charge in [-0.2, -0.15) is 0 Å². The van der Waals surface area contributed by atoms with Gasteiger partial charge in [0.25, 0.3) is 5.91 Å². The first-order valence-electron chi connectivity index (χ1n) is 6.08. The maximum Gasteiger partial charge on any atom is 0.255 e. The van der Waals surface area contributed by atoms with Gasteiger partial charge in [-0.15, -0.1) is 0 Å². The van der Waals surface area contributed by atoms with Gasteiger partial charge in [-0.05, 0) is 19.1 Å². The number of rotatable bonds is 2. The highest BCUT2D eigenvalue weighted by atomic mass is 32.2. The minimum atomic E-state index is -3.01. The van der Waals surface area contributed by atoms with E-state index in [0.717, 1.165) is 0 Å². The molecule has 0 aliphatic carbocycles. The van der Waals surface area contributed by atoms with E-state index in [9.17, 15) is 13.2 Å². The maximum absolute atomic E-state index is 12.3. The van der Waals surface area contributed by atoms with Crippen LogP contribution in [0.15, 0.2) is 18.3 Å². The van der Waals surface area contributed by atoms with E-state index in [1.54, 1.807) is 31.0 Å². The Morgan fingerprint density at radius 1 is 1.47 bits per heavy atom. The van der Waals surface area contributed by atoms with Crippen molar-refractivity contribution >= 4 is 21.6 Å². The fraction of sp³-hybridized carbons (Fsp3) is 0.500. The minimum Gasteiger partial charge on any atom is -0.373 e. The number of amides is 1. The van der Waals surface area contributed by atoms with E-state index in [2.05, 4.69) is 10.3 Å². The van der Waals surface area contributed by atoms with E-state index >= 15 is 0 Å². The number of nitrogens with one attached hydrogen (secondary N) is 1. The van der Waals surface area contributed by atoms with Gasteiger partial charge in [-0.25, -0.2) is 13.4 Å². The Balaban J connectivity index is 2.15. The summed E-state index contributed by atoms with van der Waals surface area (Å²) in [4.78, 5) is 18.0. The smallest absolute Gasteiger partial charge is 0.255 e. The Labute approximate surface area is 112 Å². The number of aromatic nitrogens is 1. The standard InChI is InChI=1S/C12H17N3O3S/c1-9-8-19(17,18)6-5-15(9)12(16)10-3-4-11(13-2)14-7-10/h3-4,7,9H,5-6,8H2,1-2H3,(H,13,14). The van der Waals surface area contributed by atoms with Gasteiger partial charge in [0.2, 0.25) is 0 Å². The molecule has 1 atom stereocenters. The van der Waals surface area contributed by atoms with Gasteiger partial charge in [-0.3, -0.25) is 4.79 Å². The van der Waals surface area contributed by atoms with Gasteiger partial charge >= 0.3 is 0 Å². The zero-order valence-electron chi connectivity index (χ0n) is 11.0. The Morgan fingerprint density at radius 2 is 2.21 bits per heavy atom. The number of anilines is 1. The summed E-state index contributed by atoms with van der Waals surface area (Å²) >= 11 is 0. The molecule has 1 aromatic heterocycles. The lowest BCUT2D eigenvalue weighted by molar-refractivity contribution is 0.0712. The lowest BCUT2D eigenvalue weighted by Gasteiger charge is -2.33. The molecule has 1 aliphatic heterocycles. The first kappa shape index (κ1) is 13.8. The first-order chi connectivity index (χ1) is 8.93. The van der Waals surface area contributed by atoms with Gasteiger partial charge in [0, 0.05) is 25.8 Å². The van der Waals surface area contributed by atoms with E-state index in [1.165, 1.54) is 6.20 Å². The van der Waals surface area contributed by atoms with Crippen LogP contribution < -0.4 is 5.32 Å². The lowest BCUT2D eigenvalue weighted by atomic mass is 10.2. The quantitative estimate of drug-likeness (QED) is 0.849. The fourth-order valence-electron chi connectivity index (χ4n) is 2.13. The van der Waals surface area contributed by atoms with Crippen molar-refractivity contribution in [3.63, 3.8) is 0 Å². The van der Waals surface area contributed by atoms with E-state index in [4.69, 9.17) is 0 Å². The SMILES string of the molecule is CNc1ccc(C(=O)N2CCS(=O)(=O)CC2C)cn1. The number of carbonyl (C=O) groups is 1. The molecule has 1 amide bonds. The van der Waals surface area contributed by atoms with Gasteiger partial charge in [0.1, 0.15) is 5.82 Å². The highest BCUT2D eigenvalue weighted by Gasteiger charge is 2.31. The molecule has 0 saturated carbocycles. The van der Waals surface area contributed by atoms with Crippen molar-refractivity contribution < 1.29 is 13.2 Å². The molecule has 2 heterocycles. The molecule has 0 bridgehead atoms. The van der Waals surface area contributed by atoms with E-state index in [1.807, 2.05) is 0 Å². The molecule has 1 aliphatic rings. The zero-order chi connectivity index (χ0) is 14.0. The lowest BCUT2D eigenvalue weighted by Crippen LogP contribution is -2.49. The molecule has 7 heteroatoms. The minimum absolute atomic E-state index is 0.0285. The molecule has 19 heavy (non-hydrogen) atoms. The second-order valence-corrected chi connectivity index (χ2v) is 6.87. The number of hydrogen-bond donors (Lipinski definition) is 1. The molecule has 2 rings (SSSR count). The fourth-order valence-corrected chi connectivity index (χ4v) is 3.69. The topological polar surface area (TPSA) is 79.4 Å². The summed E-state index contributed by atoms with van der Waals surface area (Å²) in [5, 5.41) is 2.88. The molecule has 1 saturated heterocycles. The third-order valence-corrected chi connectivity index (χ3v) is 4.99. The van der Waals surface area contributed by atoms with Crippen LogP contribution in [0.1, 0.15) is 17.3 Å². The van der Waals surface area contributed by atoms with E-state index < -0.39 is 9.84 Å². The van der Waals surface area contributed by atoms with Crippen molar-refractivity contribution in [2.45, 2.75) is 13.0 Å². The Bertz CT molecular complexity index is 568. The molecule has 0 radical (unpaired) electrons. The molecule has 104 valence electrons.